The third-order valence-corrected chi connectivity index (χ3v) is 13.6. The predicted octanol–water partition coefficient (Wildman–Crippen LogP) is 5.75. The van der Waals surface area contributed by atoms with Gasteiger partial charge in [-0.05, 0) is 172 Å². The van der Waals surface area contributed by atoms with Crippen molar-refractivity contribution in [3.63, 3.8) is 0 Å². The average molecular weight is 835 g/mol. The lowest BCUT2D eigenvalue weighted by atomic mass is 9.68. The highest BCUT2D eigenvalue weighted by Gasteiger charge is 2.81. The molecule has 0 aliphatic carbocycles. The van der Waals surface area contributed by atoms with Gasteiger partial charge in [0.15, 0.2) is 0 Å². The normalized spacial score (nSPS) is 17.6. The Morgan fingerprint density at radius 1 is 0.403 bits per heavy atom. The predicted molar refractivity (Wildman–Crippen MR) is 231 cm³/mol. The highest BCUT2D eigenvalue weighted by atomic mass is 16.2. The molecule has 4 fully saturated rings. The minimum Gasteiger partial charge on any atom is -0.282 e. The van der Waals surface area contributed by atoms with E-state index in [1.807, 2.05) is 52.0 Å². The Kier molecular flexibility index (Phi) is 9.88. The average Bonchev–Trinajstić information content (AvgIpc) is 3.20. The number of carbonyl (C=O) groups excluding carboxylic acids is 8. The minimum absolute atomic E-state index is 0.120. The van der Waals surface area contributed by atoms with Gasteiger partial charge in [0, 0.05) is 13.6 Å². The molecule has 62 heavy (non-hydrogen) atoms. The summed E-state index contributed by atoms with van der Waals surface area (Å²) in [6.07, 6.45) is 3.16. The summed E-state index contributed by atoms with van der Waals surface area (Å²) in [5.74, 6) is -6.24. The summed E-state index contributed by atoms with van der Waals surface area (Å²) in [6.45, 7) is 17.8. The molecule has 0 bridgehead atoms. The fourth-order valence-electron chi connectivity index (χ4n) is 10.3. The Morgan fingerprint density at radius 2 is 0.726 bits per heavy atom. The van der Waals surface area contributed by atoms with E-state index in [-0.39, 0.29) is 6.54 Å². The van der Waals surface area contributed by atoms with Crippen molar-refractivity contribution in [2.75, 3.05) is 23.4 Å². The lowest BCUT2D eigenvalue weighted by Gasteiger charge is -2.52. The molecule has 8 amide bonds. The maximum absolute atomic E-state index is 13.6. The van der Waals surface area contributed by atoms with Crippen molar-refractivity contribution in [2.24, 2.45) is 10.8 Å². The van der Waals surface area contributed by atoms with E-state index >= 15 is 0 Å². The number of anilines is 2. The van der Waals surface area contributed by atoms with Crippen molar-refractivity contribution in [1.29, 1.82) is 0 Å². The Bertz CT molecular complexity index is 2640. The zero-order chi connectivity index (χ0) is 45.1. The minimum atomic E-state index is -2.27. The molecule has 0 saturated carbocycles. The van der Waals surface area contributed by atoms with Crippen LogP contribution in [0.1, 0.15) is 90.7 Å². The summed E-state index contributed by atoms with van der Waals surface area (Å²) in [4.78, 5) is 109. The van der Waals surface area contributed by atoms with Gasteiger partial charge in [-0.1, -0.05) is 48.5 Å². The van der Waals surface area contributed by atoms with Gasteiger partial charge in [-0.2, -0.15) is 0 Å². The van der Waals surface area contributed by atoms with E-state index in [2.05, 4.69) is 45.0 Å². The Hall–Kier alpha value is -6.56. The second-order valence-electron chi connectivity index (χ2n) is 17.9. The maximum Gasteiger partial charge on any atom is 0.285 e. The van der Waals surface area contributed by atoms with Gasteiger partial charge < -0.3 is 0 Å². The van der Waals surface area contributed by atoms with Gasteiger partial charge in [0.1, 0.15) is 0 Å². The summed E-state index contributed by atoms with van der Waals surface area (Å²) in [5, 5.41) is 0. The zero-order valence-corrected chi connectivity index (χ0v) is 36.9. The lowest BCUT2D eigenvalue weighted by Crippen LogP contribution is -2.84. The summed E-state index contributed by atoms with van der Waals surface area (Å²) in [7, 11) is 1.25. The lowest BCUT2D eigenvalue weighted by molar-refractivity contribution is -0.188. The molecule has 4 heterocycles. The smallest absolute Gasteiger partial charge is 0.282 e. The van der Waals surface area contributed by atoms with Crippen LogP contribution in [0.2, 0.25) is 0 Å². The molecular weight excluding hydrogens is 785 g/mol. The van der Waals surface area contributed by atoms with Crippen molar-refractivity contribution in [3.05, 3.63) is 126 Å². The molecule has 0 aromatic heterocycles. The van der Waals surface area contributed by atoms with E-state index in [1.165, 1.54) is 29.3 Å². The molecule has 12 nitrogen and oxygen atoms in total. The highest BCUT2D eigenvalue weighted by Crippen LogP contribution is 2.49. The first-order valence-corrected chi connectivity index (χ1v) is 21.0. The van der Waals surface area contributed by atoms with Gasteiger partial charge in [0.05, 0.1) is 11.4 Å². The number of hydrogen-bond donors (Lipinski definition) is 0. The molecule has 2 spiro atoms. The molecule has 8 rings (SSSR count). The van der Waals surface area contributed by atoms with Crippen LogP contribution in [0.4, 0.5) is 11.4 Å². The number of aryl methyl sites for hydroxylation is 8. The van der Waals surface area contributed by atoms with E-state index < -0.39 is 58.1 Å². The van der Waals surface area contributed by atoms with Crippen molar-refractivity contribution in [3.8, 4) is 0 Å². The van der Waals surface area contributed by atoms with Crippen LogP contribution in [0.5, 0.6) is 0 Å². The van der Waals surface area contributed by atoms with Gasteiger partial charge in [0.2, 0.25) is 0 Å². The zero-order valence-electron chi connectivity index (χ0n) is 36.9. The van der Waals surface area contributed by atoms with E-state index in [9.17, 15) is 38.4 Å². The van der Waals surface area contributed by atoms with Crippen LogP contribution in [0, 0.1) is 73.1 Å². The first kappa shape index (κ1) is 42.1. The van der Waals surface area contributed by atoms with Crippen molar-refractivity contribution in [1.82, 2.24) is 9.80 Å². The molecule has 318 valence electrons. The van der Waals surface area contributed by atoms with Crippen LogP contribution in [0.25, 0.3) is 0 Å². The number of unbranched alkanes of at least 4 members (excludes halogenated alkanes) is 1. The Morgan fingerprint density at radius 3 is 1.10 bits per heavy atom. The van der Waals surface area contributed by atoms with Crippen LogP contribution >= 0.6 is 0 Å². The molecule has 0 atom stereocenters. The molecule has 12 heteroatoms. The van der Waals surface area contributed by atoms with Gasteiger partial charge in [-0.3, -0.25) is 48.2 Å². The van der Waals surface area contributed by atoms with Crippen LogP contribution in [0.15, 0.2) is 48.5 Å². The van der Waals surface area contributed by atoms with Crippen molar-refractivity contribution >= 4 is 58.6 Å². The molecule has 0 radical (unpaired) electrons. The number of imide groups is 4. The third kappa shape index (κ3) is 5.71. The Labute approximate surface area is 360 Å². The summed E-state index contributed by atoms with van der Waals surface area (Å²) in [5.41, 5.74) is 10.4. The number of likely N-dealkylation sites (tertiary alicyclic amines) is 2. The number of amides is 8. The molecule has 4 aliphatic heterocycles. The number of benzene rings is 4. The second kappa shape index (κ2) is 14.5. The third-order valence-electron chi connectivity index (χ3n) is 13.6. The number of β-lactam (4-membered cyclic amide) rings is 8. The molecular formula is C50H50N4O8. The molecule has 4 aromatic carbocycles. The second-order valence-corrected chi connectivity index (χ2v) is 17.9. The van der Waals surface area contributed by atoms with Crippen molar-refractivity contribution < 1.29 is 38.4 Å². The number of rotatable bonds is 11. The molecule has 4 saturated heterocycles. The molecule has 4 aliphatic rings. The SMILES string of the molecule is Cc1cc(Cc2cc(C)c(N3C(=O)C4(C(=O)N(CCCCc5c(C)cc(Cc6cc(C)c(N7C(=O)C8(C(=O)N(C)C8=O)C7=O)c(C)c6)cc5C)C4=O)C3=O)c(C)c2)cc(C)c1C. The molecule has 4 aromatic rings. The highest BCUT2D eigenvalue weighted by molar-refractivity contribution is 6.60. The largest absolute Gasteiger partial charge is 0.285 e. The standard InChI is InChI=1S/C50H50N4O8/c1-25-15-34(16-26(2)33(25)9)23-36-19-31(7)40(32(8)20-36)54-47(61)50(48(54)62)43(57)52(44(50)58)14-12-11-13-38-27(3)17-35(18-28(38)4)24-37-21-29(5)39(30(6)22-37)53-45(59)49(46(53)60)41(55)51(10)42(49)56/h15-22H,11-14,23-24H2,1-10H3. The fourth-order valence-corrected chi connectivity index (χ4v) is 10.3. The van der Waals surface area contributed by atoms with Gasteiger partial charge in [0.25, 0.3) is 58.1 Å². The van der Waals surface area contributed by atoms with E-state index in [0.29, 0.717) is 54.6 Å². The van der Waals surface area contributed by atoms with Crippen LogP contribution in [-0.2, 0) is 57.6 Å². The summed E-state index contributed by atoms with van der Waals surface area (Å²) in [6, 6.07) is 16.3. The van der Waals surface area contributed by atoms with Gasteiger partial charge >= 0.3 is 0 Å². The van der Waals surface area contributed by atoms with Gasteiger partial charge in [-0.15, -0.1) is 0 Å². The number of hydrogen-bond acceptors (Lipinski definition) is 8. The maximum atomic E-state index is 13.6. The van der Waals surface area contributed by atoms with Crippen LogP contribution < -0.4 is 9.80 Å². The monoisotopic (exact) mass is 834 g/mol. The first-order valence-electron chi connectivity index (χ1n) is 21.0. The van der Waals surface area contributed by atoms with E-state index in [1.54, 1.807) is 13.8 Å². The van der Waals surface area contributed by atoms with Crippen LogP contribution in [0.3, 0.4) is 0 Å². The Balaban J connectivity index is 0.861. The van der Waals surface area contributed by atoms with Crippen molar-refractivity contribution in [2.45, 2.75) is 94.4 Å². The number of carbonyl (C=O) groups is 8. The number of nitrogens with zero attached hydrogens (tertiary/aromatic N) is 4. The summed E-state index contributed by atoms with van der Waals surface area (Å²) >= 11 is 0. The van der Waals surface area contributed by atoms with E-state index in [4.69, 9.17) is 0 Å². The first-order chi connectivity index (χ1) is 29.2. The van der Waals surface area contributed by atoms with E-state index in [0.717, 1.165) is 64.1 Å². The van der Waals surface area contributed by atoms with Crippen LogP contribution in [-0.4, -0.2) is 70.6 Å². The quantitative estimate of drug-likeness (QED) is 0.105. The molecule has 0 unspecified atom stereocenters. The fraction of sp³-hybridized carbons (Fsp3) is 0.360. The van der Waals surface area contributed by atoms with Gasteiger partial charge in [-0.25, -0.2) is 9.80 Å². The summed E-state index contributed by atoms with van der Waals surface area (Å²) < 4.78 is 0. The molecule has 0 N–H and O–H groups in total. The topological polar surface area (TPSA) is 150 Å².